The summed E-state index contributed by atoms with van der Waals surface area (Å²) in [5, 5.41) is 19.2. The first-order valence-corrected chi connectivity index (χ1v) is 5.58. The molecule has 1 saturated heterocycles. The van der Waals surface area contributed by atoms with E-state index in [2.05, 4.69) is 0 Å². The molecule has 0 aromatic heterocycles. The van der Waals surface area contributed by atoms with E-state index in [4.69, 9.17) is 15.2 Å². The maximum atomic E-state index is 10.8. The van der Waals surface area contributed by atoms with Crippen LogP contribution in [0.3, 0.4) is 0 Å². The molecule has 0 bridgehead atoms. The van der Waals surface area contributed by atoms with Crippen molar-refractivity contribution < 1.29 is 24.5 Å². The van der Waals surface area contributed by atoms with Gasteiger partial charge in [-0.3, -0.25) is 4.79 Å². The number of benzene rings is 1. The maximum absolute atomic E-state index is 10.8. The van der Waals surface area contributed by atoms with Crippen LogP contribution in [-0.2, 0) is 14.3 Å². The van der Waals surface area contributed by atoms with Gasteiger partial charge in [-0.25, -0.2) is 0 Å². The molecule has 1 aromatic rings. The number of ether oxygens (including phenoxy) is 2. The molecular formula is C12H15NO5. The Kier molecular flexibility index (Phi) is 3.93. The fraction of sp³-hybridized carbons (Fsp3) is 0.417. The molecule has 2 unspecified atom stereocenters. The van der Waals surface area contributed by atoms with Crippen LogP contribution in [0.5, 0.6) is 0 Å². The monoisotopic (exact) mass is 253 g/mol. The summed E-state index contributed by atoms with van der Waals surface area (Å²) in [6.45, 7) is 1.03. The summed E-state index contributed by atoms with van der Waals surface area (Å²) in [5.74, 6) is -0.971. The lowest BCUT2D eigenvalue weighted by atomic mass is 10.0. The van der Waals surface area contributed by atoms with Crippen molar-refractivity contribution >= 4 is 5.91 Å². The van der Waals surface area contributed by atoms with E-state index in [0.717, 1.165) is 5.56 Å². The summed E-state index contributed by atoms with van der Waals surface area (Å²) in [6.07, 6.45) is -3.46. The number of carbonyl (C=O) groups excluding carboxylic acids is 1. The van der Waals surface area contributed by atoms with Crippen molar-refractivity contribution in [3.63, 3.8) is 0 Å². The lowest BCUT2D eigenvalue weighted by Crippen LogP contribution is -2.33. The lowest BCUT2D eigenvalue weighted by Gasteiger charge is -2.17. The Balaban J connectivity index is 2.18. The molecule has 1 amide bonds. The largest absolute Gasteiger partial charge is 0.385 e. The van der Waals surface area contributed by atoms with Gasteiger partial charge >= 0.3 is 0 Å². The quantitative estimate of drug-likeness (QED) is 0.678. The molecular weight excluding hydrogens is 238 g/mol. The number of amides is 1. The summed E-state index contributed by atoms with van der Waals surface area (Å²) < 4.78 is 10.6. The van der Waals surface area contributed by atoms with Crippen LogP contribution in [0.25, 0.3) is 0 Å². The van der Waals surface area contributed by atoms with Gasteiger partial charge in [0.15, 0.2) is 12.4 Å². The van der Waals surface area contributed by atoms with E-state index in [9.17, 15) is 15.0 Å². The van der Waals surface area contributed by atoms with Gasteiger partial charge in [0.2, 0.25) is 5.91 Å². The number of nitrogens with two attached hydrogens (primary N) is 1. The number of hydrogen-bond donors (Lipinski definition) is 3. The van der Waals surface area contributed by atoms with E-state index in [1.54, 1.807) is 24.3 Å². The highest BCUT2D eigenvalue weighted by molar-refractivity contribution is 5.79. The number of rotatable bonds is 4. The van der Waals surface area contributed by atoms with Crippen LogP contribution in [0.2, 0.25) is 0 Å². The summed E-state index contributed by atoms with van der Waals surface area (Å²) in [6, 6.07) is 6.68. The van der Waals surface area contributed by atoms with Crippen LogP contribution >= 0.6 is 0 Å². The number of carbonyl (C=O) groups is 1. The van der Waals surface area contributed by atoms with Crippen molar-refractivity contribution in [2.45, 2.75) is 18.5 Å². The third-order valence-electron chi connectivity index (χ3n) is 2.74. The van der Waals surface area contributed by atoms with Gasteiger partial charge in [0.1, 0.15) is 6.10 Å². The van der Waals surface area contributed by atoms with E-state index < -0.39 is 24.4 Å². The van der Waals surface area contributed by atoms with Crippen LogP contribution in [-0.4, -0.2) is 35.4 Å². The second-order valence-corrected chi connectivity index (χ2v) is 4.04. The van der Waals surface area contributed by atoms with E-state index in [1.807, 2.05) is 0 Å². The minimum atomic E-state index is -1.63. The molecule has 1 fully saturated rings. The fourth-order valence-corrected chi connectivity index (χ4v) is 1.78. The van der Waals surface area contributed by atoms with Gasteiger partial charge in [-0.15, -0.1) is 0 Å². The standard InChI is InChI=1S/C12H15NO5/c13-11(16)10(15)9(14)7-2-1-3-8(6-7)12-17-4-5-18-12/h1-3,6,9-10,12,14-15H,4-5H2,(H2,13,16). The van der Waals surface area contributed by atoms with Crippen molar-refractivity contribution in [3.8, 4) is 0 Å². The van der Waals surface area contributed by atoms with Gasteiger partial charge in [-0.1, -0.05) is 18.2 Å². The van der Waals surface area contributed by atoms with Crippen LogP contribution in [0.4, 0.5) is 0 Å². The first-order chi connectivity index (χ1) is 8.59. The second-order valence-electron chi connectivity index (χ2n) is 4.04. The van der Waals surface area contributed by atoms with Crippen LogP contribution < -0.4 is 5.73 Å². The van der Waals surface area contributed by atoms with Crippen molar-refractivity contribution in [1.29, 1.82) is 0 Å². The third-order valence-corrected chi connectivity index (χ3v) is 2.74. The number of primary amides is 1. The average Bonchev–Trinajstić information content (AvgIpc) is 2.91. The summed E-state index contributed by atoms with van der Waals surface area (Å²) in [7, 11) is 0. The van der Waals surface area contributed by atoms with Crippen molar-refractivity contribution in [1.82, 2.24) is 0 Å². The first kappa shape index (κ1) is 13.0. The molecule has 0 aliphatic carbocycles. The molecule has 6 heteroatoms. The topological polar surface area (TPSA) is 102 Å². The minimum absolute atomic E-state index is 0.387. The van der Waals surface area contributed by atoms with Gasteiger partial charge in [0.25, 0.3) is 0 Å². The summed E-state index contributed by atoms with van der Waals surface area (Å²) >= 11 is 0. The lowest BCUT2D eigenvalue weighted by molar-refractivity contribution is -0.131. The molecule has 0 radical (unpaired) electrons. The fourth-order valence-electron chi connectivity index (χ4n) is 1.78. The predicted molar refractivity (Wildman–Crippen MR) is 61.2 cm³/mol. The Morgan fingerprint density at radius 1 is 1.33 bits per heavy atom. The molecule has 0 spiro atoms. The van der Waals surface area contributed by atoms with Crippen LogP contribution in [0.1, 0.15) is 23.5 Å². The van der Waals surface area contributed by atoms with E-state index in [-0.39, 0.29) is 0 Å². The summed E-state index contributed by atoms with van der Waals surface area (Å²) in [4.78, 5) is 10.8. The Labute approximate surface area is 104 Å². The highest BCUT2D eigenvalue weighted by Crippen LogP contribution is 2.26. The Morgan fingerprint density at radius 3 is 2.61 bits per heavy atom. The highest BCUT2D eigenvalue weighted by Gasteiger charge is 2.25. The molecule has 18 heavy (non-hydrogen) atoms. The molecule has 1 heterocycles. The Hall–Kier alpha value is -1.47. The molecule has 6 nitrogen and oxygen atoms in total. The molecule has 2 rings (SSSR count). The normalized spacial score (nSPS) is 19.7. The molecule has 4 N–H and O–H groups in total. The predicted octanol–water partition coefficient (Wildman–Crippen LogP) is -0.388. The Morgan fingerprint density at radius 2 is 2.00 bits per heavy atom. The number of aliphatic hydroxyl groups is 2. The Bertz CT molecular complexity index is 430. The number of hydrogen-bond acceptors (Lipinski definition) is 5. The van der Waals surface area contributed by atoms with Gasteiger partial charge in [0, 0.05) is 5.56 Å². The van der Waals surface area contributed by atoms with Gasteiger partial charge in [-0.05, 0) is 11.6 Å². The van der Waals surface area contributed by atoms with E-state index in [1.165, 1.54) is 0 Å². The van der Waals surface area contributed by atoms with Crippen molar-refractivity contribution in [2.75, 3.05) is 13.2 Å². The zero-order valence-corrected chi connectivity index (χ0v) is 9.65. The van der Waals surface area contributed by atoms with E-state index >= 15 is 0 Å². The molecule has 98 valence electrons. The molecule has 2 atom stereocenters. The van der Waals surface area contributed by atoms with E-state index in [0.29, 0.717) is 18.8 Å². The molecule has 0 saturated carbocycles. The molecule has 1 aromatic carbocycles. The summed E-state index contributed by atoms with van der Waals surface area (Å²) in [5.41, 5.74) is 6.05. The zero-order valence-electron chi connectivity index (χ0n) is 9.65. The minimum Gasteiger partial charge on any atom is -0.385 e. The van der Waals surface area contributed by atoms with Crippen molar-refractivity contribution in [3.05, 3.63) is 35.4 Å². The first-order valence-electron chi connectivity index (χ1n) is 5.58. The smallest absolute Gasteiger partial charge is 0.249 e. The maximum Gasteiger partial charge on any atom is 0.249 e. The molecule has 1 aliphatic rings. The van der Waals surface area contributed by atoms with Gasteiger partial charge in [0.05, 0.1) is 13.2 Å². The van der Waals surface area contributed by atoms with Gasteiger partial charge in [-0.2, -0.15) is 0 Å². The SMILES string of the molecule is NC(=O)C(O)C(O)c1cccc(C2OCCO2)c1. The zero-order chi connectivity index (χ0) is 13.1. The molecule has 1 aliphatic heterocycles. The van der Waals surface area contributed by atoms with Crippen LogP contribution in [0.15, 0.2) is 24.3 Å². The highest BCUT2D eigenvalue weighted by atomic mass is 16.7. The second kappa shape index (κ2) is 5.45. The van der Waals surface area contributed by atoms with Crippen molar-refractivity contribution in [2.24, 2.45) is 5.73 Å². The van der Waals surface area contributed by atoms with Crippen LogP contribution in [0, 0.1) is 0 Å². The third kappa shape index (κ3) is 2.68. The number of aliphatic hydroxyl groups excluding tert-OH is 2. The van der Waals surface area contributed by atoms with Gasteiger partial charge < -0.3 is 25.4 Å². The average molecular weight is 253 g/mol.